The summed E-state index contributed by atoms with van der Waals surface area (Å²) in [5.41, 5.74) is 4.18. The second-order valence-electron chi connectivity index (χ2n) is 4.51. The molecule has 0 saturated heterocycles. The SMILES string of the molecule is CCOc1cc(CNn2c(CC)n[nH]c2=S)cc(Cl)c1OC. The molecule has 0 amide bonds. The molecule has 0 saturated carbocycles. The zero-order valence-corrected chi connectivity index (χ0v) is 14.3. The van der Waals surface area contributed by atoms with Crippen LogP contribution in [0.4, 0.5) is 0 Å². The lowest BCUT2D eigenvalue weighted by Gasteiger charge is -2.14. The molecular weight excluding hydrogens is 324 g/mol. The maximum atomic E-state index is 6.24. The fourth-order valence-electron chi connectivity index (χ4n) is 2.08. The molecule has 0 aliphatic rings. The van der Waals surface area contributed by atoms with E-state index in [2.05, 4.69) is 15.6 Å². The van der Waals surface area contributed by atoms with Gasteiger partial charge in [-0.05, 0) is 36.8 Å². The van der Waals surface area contributed by atoms with Gasteiger partial charge < -0.3 is 14.9 Å². The summed E-state index contributed by atoms with van der Waals surface area (Å²) in [5, 5.41) is 7.43. The molecule has 1 heterocycles. The van der Waals surface area contributed by atoms with Crippen LogP contribution in [-0.2, 0) is 13.0 Å². The number of rotatable bonds is 7. The first kappa shape index (κ1) is 16.6. The third kappa shape index (κ3) is 3.53. The van der Waals surface area contributed by atoms with Gasteiger partial charge in [-0.3, -0.25) is 5.10 Å². The van der Waals surface area contributed by atoms with Crippen LogP contribution in [0.3, 0.4) is 0 Å². The van der Waals surface area contributed by atoms with Crippen molar-refractivity contribution in [1.82, 2.24) is 14.9 Å². The molecule has 0 aliphatic carbocycles. The highest BCUT2D eigenvalue weighted by atomic mass is 35.5. The number of nitrogens with zero attached hydrogens (tertiary/aromatic N) is 2. The molecule has 0 spiro atoms. The number of halogens is 1. The predicted octanol–water partition coefficient (Wildman–Crippen LogP) is 3.31. The normalized spacial score (nSPS) is 10.5. The molecule has 0 aliphatic heterocycles. The molecule has 0 unspecified atom stereocenters. The molecule has 1 aromatic carbocycles. The Labute approximate surface area is 139 Å². The number of hydrogen-bond donors (Lipinski definition) is 2. The van der Waals surface area contributed by atoms with E-state index >= 15 is 0 Å². The molecule has 120 valence electrons. The third-order valence-corrected chi connectivity index (χ3v) is 3.63. The monoisotopic (exact) mass is 342 g/mol. The van der Waals surface area contributed by atoms with Crippen LogP contribution in [0, 0.1) is 4.77 Å². The van der Waals surface area contributed by atoms with E-state index in [1.54, 1.807) is 11.8 Å². The van der Waals surface area contributed by atoms with Crippen LogP contribution in [0.15, 0.2) is 12.1 Å². The van der Waals surface area contributed by atoms with E-state index in [1.165, 1.54) is 0 Å². The Morgan fingerprint density at radius 2 is 2.18 bits per heavy atom. The van der Waals surface area contributed by atoms with E-state index in [1.807, 2.05) is 26.0 Å². The minimum Gasteiger partial charge on any atom is -0.491 e. The summed E-state index contributed by atoms with van der Waals surface area (Å²) >= 11 is 11.4. The second kappa shape index (κ2) is 7.51. The molecule has 2 N–H and O–H groups in total. The highest BCUT2D eigenvalue weighted by Gasteiger charge is 2.12. The molecule has 0 fully saturated rings. The van der Waals surface area contributed by atoms with Crippen LogP contribution in [-0.4, -0.2) is 28.6 Å². The summed E-state index contributed by atoms with van der Waals surface area (Å²) in [6.07, 6.45) is 0.772. The Hall–Kier alpha value is -1.73. The van der Waals surface area contributed by atoms with Gasteiger partial charge in [0.1, 0.15) is 0 Å². The van der Waals surface area contributed by atoms with E-state index < -0.39 is 0 Å². The summed E-state index contributed by atoms with van der Waals surface area (Å²) in [6.45, 7) is 5.00. The van der Waals surface area contributed by atoms with Gasteiger partial charge in [-0.25, -0.2) is 4.68 Å². The van der Waals surface area contributed by atoms with Crippen molar-refractivity contribution in [3.05, 3.63) is 33.3 Å². The van der Waals surface area contributed by atoms with Gasteiger partial charge in [0, 0.05) is 6.42 Å². The number of nitrogens with one attached hydrogen (secondary N) is 2. The molecule has 1 aromatic heterocycles. The highest BCUT2D eigenvalue weighted by Crippen LogP contribution is 2.36. The summed E-state index contributed by atoms with van der Waals surface area (Å²) in [6, 6.07) is 3.74. The Bertz CT molecular complexity index is 699. The molecule has 0 radical (unpaired) electrons. The van der Waals surface area contributed by atoms with Gasteiger partial charge in [0.2, 0.25) is 4.77 Å². The van der Waals surface area contributed by atoms with Crippen molar-refractivity contribution < 1.29 is 9.47 Å². The Morgan fingerprint density at radius 3 is 2.82 bits per heavy atom. The van der Waals surface area contributed by atoms with Crippen molar-refractivity contribution in [2.24, 2.45) is 0 Å². The molecule has 22 heavy (non-hydrogen) atoms. The van der Waals surface area contributed by atoms with Crippen LogP contribution in [0.1, 0.15) is 25.2 Å². The third-order valence-electron chi connectivity index (χ3n) is 3.07. The van der Waals surface area contributed by atoms with Crippen LogP contribution in [0.25, 0.3) is 0 Å². The zero-order chi connectivity index (χ0) is 16.1. The van der Waals surface area contributed by atoms with Crippen LogP contribution >= 0.6 is 23.8 Å². The summed E-state index contributed by atoms with van der Waals surface area (Å²) in [5.74, 6) is 2.01. The predicted molar refractivity (Wildman–Crippen MR) is 89.0 cm³/mol. The lowest BCUT2D eigenvalue weighted by Crippen LogP contribution is -2.17. The van der Waals surface area contributed by atoms with Crippen molar-refractivity contribution in [3.63, 3.8) is 0 Å². The lowest BCUT2D eigenvalue weighted by molar-refractivity contribution is 0.310. The number of benzene rings is 1. The molecule has 6 nitrogen and oxygen atoms in total. The Kier molecular flexibility index (Phi) is 5.68. The van der Waals surface area contributed by atoms with E-state index in [9.17, 15) is 0 Å². The Morgan fingerprint density at radius 1 is 1.41 bits per heavy atom. The maximum absolute atomic E-state index is 6.24. The second-order valence-corrected chi connectivity index (χ2v) is 5.30. The van der Waals surface area contributed by atoms with Gasteiger partial charge >= 0.3 is 0 Å². The maximum Gasteiger partial charge on any atom is 0.214 e. The number of methoxy groups -OCH3 is 1. The molecule has 2 aromatic rings. The highest BCUT2D eigenvalue weighted by molar-refractivity contribution is 7.71. The largest absolute Gasteiger partial charge is 0.491 e. The van der Waals surface area contributed by atoms with Crippen molar-refractivity contribution in [3.8, 4) is 11.5 Å². The first-order valence-electron chi connectivity index (χ1n) is 7.00. The van der Waals surface area contributed by atoms with E-state index in [-0.39, 0.29) is 0 Å². The van der Waals surface area contributed by atoms with Crippen molar-refractivity contribution >= 4 is 23.8 Å². The van der Waals surface area contributed by atoms with Crippen molar-refractivity contribution in [2.75, 3.05) is 19.1 Å². The number of hydrogen-bond acceptors (Lipinski definition) is 5. The standard InChI is InChI=1S/C14H19ClN4O2S/c1-4-12-17-18-14(22)19(12)16-8-9-6-10(15)13(20-3)11(7-9)21-5-2/h6-7,16H,4-5,8H2,1-3H3,(H,18,22). The summed E-state index contributed by atoms with van der Waals surface area (Å²) in [4.78, 5) is 0. The molecule has 0 atom stereocenters. The summed E-state index contributed by atoms with van der Waals surface area (Å²) in [7, 11) is 1.57. The van der Waals surface area contributed by atoms with Gasteiger partial charge in [0.15, 0.2) is 17.3 Å². The van der Waals surface area contributed by atoms with Gasteiger partial charge in [0.05, 0.1) is 25.3 Å². The van der Waals surface area contributed by atoms with Gasteiger partial charge in [-0.15, -0.1) is 0 Å². The zero-order valence-electron chi connectivity index (χ0n) is 12.8. The number of aromatic nitrogens is 3. The topological polar surface area (TPSA) is 64.1 Å². The Balaban J connectivity index is 2.23. The fraction of sp³-hybridized carbons (Fsp3) is 0.429. The van der Waals surface area contributed by atoms with Crippen molar-refractivity contribution in [1.29, 1.82) is 0 Å². The van der Waals surface area contributed by atoms with Gasteiger partial charge in [-0.2, -0.15) is 5.10 Å². The number of H-pyrrole nitrogens is 1. The molecular formula is C14H19ClN4O2S. The first-order valence-corrected chi connectivity index (χ1v) is 7.78. The molecule has 0 bridgehead atoms. The minimum atomic E-state index is 0.511. The van der Waals surface area contributed by atoms with E-state index in [0.29, 0.717) is 34.4 Å². The minimum absolute atomic E-state index is 0.511. The number of aryl methyl sites for hydroxylation is 1. The molecule has 2 rings (SSSR count). The lowest BCUT2D eigenvalue weighted by atomic mass is 10.2. The van der Waals surface area contributed by atoms with Crippen LogP contribution in [0.5, 0.6) is 11.5 Å². The molecule has 8 heteroatoms. The first-order chi connectivity index (χ1) is 10.6. The summed E-state index contributed by atoms with van der Waals surface area (Å²) < 4.78 is 13.1. The van der Waals surface area contributed by atoms with E-state index in [0.717, 1.165) is 17.8 Å². The fourth-order valence-corrected chi connectivity index (χ4v) is 2.61. The number of ether oxygens (including phenoxy) is 2. The van der Waals surface area contributed by atoms with E-state index in [4.69, 9.17) is 33.3 Å². The number of aromatic amines is 1. The van der Waals surface area contributed by atoms with Gasteiger partial charge in [0.25, 0.3) is 0 Å². The quantitative estimate of drug-likeness (QED) is 0.756. The van der Waals surface area contributed by atoms with Crippen LogP contribution in [0.2, 0.25) is 5.02 Å². The average Bonchev–Trinajstić information content (AvgIpc) is 2.85. The smallest absolute Gasteiger partial charge is 0.214 e. The van der Waals surface area contributed by atoms with Crippen molar-refractivity contribution in [2.45, 2.75) is 26.8 Å². The average molecular weight is 343 g/mol. The van der Waals surface area contributed by atoms with Gasteiger partial charge in [-0.1, -0.05) is 18.5 Å². The van der Waals surface area contributed by atoms with Crippen LogP contribution < -0.4 is 14.9 Å².